The molecule has 1 atom stereocenters. The zero-order valence-corrected chi connectivity index (χ0v) is 14.0. The summed E-state index contributed by atoms with van der Waals surface area (Å²) in [4.78, 5) is 24.9. The Balaban J connectivity index is 2.35. The van der Waals surface area contributed by atoms with Crippen LogP contribution in [0.2, 0.25) is 0 Å². The summed E-state index contributed by atoms with van der Waals surface area (Å²) in [7, 11) is 1.69. The number of esters is 1. The number of ether oxygens (including phenoxy) is 1. The summed E-state index contributed by atoms with van der Waals surface area (Å²) in [5.74, 6) is -1.44. The average Bonchev–Trinajstić information content (AvgIpc) is 2.99. The van der Waals surface area contributed by atoms with E-state index >= 15 is 0 Å². The fourth-order valence-corrected chi connectivity index (χ4v) is 2.20. The van der Waals surface area contributed by atoms with Gasteiger partial charge in [-0.15, -0.1) is 0 Å². The largest absolute Gasteiger partial charge is 0.480 e. The molecule has 7 heteroatoms. The number of aromatic nitrogens is 2. The molecule has 7 nitrogen and oxygen atoms in total. The maximum atomic E-state index is 12.2. The van der Waals surface area contributed by atoms with Gasteiger partial charge in [-0.3, -0.25) is 9.69 Å². The summed E-state index contributed by atoms with van der Waals surface area (Å²) in [6.07, 6.45) is 1.73. The van der Waals surface area contributed by atoms with Crippen molar-refractivity contribution in [2.75, 3.05) is 13.7 Å². The van der Waals surface area contributed by atoms with E-state index < -0.39 is 18.0 Å². The van der Waals surface area contributed by atoms with Crippen LogP contribution >= 0.6 is 0 Å². The maximum Gasteiger partial charge on any atom is 0.359 e. The Bertz CT molecular complexity index is 712. The normalized spacial score (nSPS) is 12.2. The molecule has 0 spiro atoms. The molecule has 0 saturated carbocycles. The minimum Gasteiger partial charge on any atom is -0.480 e. The van der Waals surface area contributed by atoms with Gasteiger partial charge in [-0.05, 0) is 33.0 Å². The van der Waals surface area contributed by atoms with Gasteiger partial charge in [0.1, 0.15) is 6.04 Å². The van der Waals surface area contributed by atoms with Gasteiger partial charge in [0.2, 0.25) is 0 Å². The lowest BCUT2D eigenvalue weighted by Crippen LogP contribution is -2.35. The van der Waals surface area contributed by atoms with Crippen LogP contribution < -0.4 is 0 Å². The second-order valence-electron chi connectivity index (χ2n) is 5.43. The van der Waals surface area contributed by atoms with Crippen LogP contribution in [0.4, 0.5) is 0 Å². The van der Waals surface area contributed by atoms with E-state index in [1.165, 1.54) is 0 Å². The molecule has 0 aliphatic heterocycles. The fraction of sp³-hybridized carbons (Fsp3) is 0.353. The first-order valence-corrected chi connectivity index (χ1v) is 7.68. The minimum atomic E-state index is -0.925. The number of likely N-dealkylation sites (N-methyl/N-ethyl adjacent to an activating group) is 1. The molecule has 1 N–H and O–H groups in total. The van der Waals surface area contributed by atoms with Crippen molar-refractivity contribution in [1.82, 2.24) is 14.7 Å². The predicted octanol–water partition coefficient (Wildman–Crippen LogP) is 1.95. The highest BCUT2D eigenvalue weighted by Gasteiger charge is 2.23. The van der Waals surface area contributed by atoms with Gasteiger partial charge in [-0.1, -0.05) is 18.2 Å². The summed E-state index contributed by atoms with van der Waals surface area (Å²) in [6, 6.07) is 8.70. The van der Waals surface area contributed by atoms with Gasteiger partial charge >= 0.3 is 11.9 Å². The van der Waals surface area contributed by atoms with Crippen LogP contribution in [0.5, 0.6) is 0 Å². The highest BCUT2D eigenvalue weighted by molar-refractivity contribution is 5.89. The van der Waals surface area contributed by atoms with Gasteiger partial charge in [-0.2, -0.15) is 5.10 Å². The zero-order valence-electron chi connectivity index (χ0n) is 14.0. The number of para-hydroxylation sites is 1. The number of nitrogens with zero attached hydrogens (tertiary/aromatic N) is 3. The molecule has 1 heterocycles. The second-order valence-corrected chi connectivity index (χ2v) is 5.43. The van der Waals surface area contributed by atoms with Gasteiger partial charge in [0, 0.05) is 18.3 Å². The van der Waals surface area contributed by atoms with Crippen LogP contribution in [0.25, 0.3) is 5.69 Å². The first-order valence-electron chi connectivity index (χ1n) is 7.68. The van der Waals surface area contributed by atoms with Crippen LogP contribution in [-0.2, 0) is 16.1 Å². The Kier molecular flexibility index (Phi) is 5.70. The van der Waals surface area contributed by atoms with Crippen molar-refractivity contribution in [1.29, 1.82) is 0 Å². The van der Waals surface area contributed by atoms with Crippen LogP contribution in [0.3, 0.4) is 0 Å². The molecule has 1 unspecified atom stereocenters. The van der Waals surface area contributed by atoms with E-state index in [2.05, 4.69) is 5.10 Å². The molecule has 0 amide bonds. The van der Waals surface area contributed by atoms with Gasteiger partial charge in [0.05, 0.1) is 12.3 Å². The minimum absolute atomic E-state index is 0.199. The predicted molar refractivity (Wildman–Crippen MR) is 88.1 cm³/mol. The first-order chi connectivity index (χ1) is 11.4. The monoisotopic (exact) mass is 331 g/mol. The lowest BCUT2D eigenvalue weighted by Gasteiger charge is -2.20. The Hall–Kier alpha value is -2.67. The summed E-state index contributed by atoms with van der Waals surface area (Å²) in [5.41, 5.74) is 1.63. The van der Waals surface area contributed by atoms with Crippen LogP contribution in [0, 0.1) is 0 Å². The molecule has 2 aromatic rings. The molecule has 1 aromatic heterocycles. The molecule has 0 aliphatic carbocycles. The van der Waals surface area contributed by atoms with E-state index in [1.54, 1.807) is 36.7 Å². The third kappa shape index (κ3) is 3.99. The van der Waals surface area contributed by atoms with E-state index in [0.717, 1.165) is 5.69 Å². The Morgan fingerprint density at radius 1 is 1.33 bits per heavy atom. The molecule has 0 fully saturated rings. The van der Waals surface area contributed by atoms with E-state index in [9.17, 15) is 9.59 Å². The molecule has 1 aromatic carbocycles. The smallest absolute Gasteiger partial charge is 0.359 e. The van der Waals surface area contributed by atoms with Crippen molar-refractivity contribution in [2.24, 2.45) is 0 Å². The van der Waals surface area contributed by atoms with E-state index in [-0.39, 0.29) is 18.8 Å². The van der Waals surface area contributed by atoms with Crippen molar-refractivity contribution in [3.63, 3.8) is 0 Å². The summed E-state index contributed by atoms with van der Waals surface area (Å²) in [6.45, 7) is 3.84. The van der Waals surface area contributed by atoms with Crippen LogP contribution in [-0.4, -0.2) is 51.4 Å². The zero-order chi connectivity index (χ0) is 17.7. The highest BCUT2D eigenvalue weighted by Crippen LogP contribution is 2.16. The van der Waals surface area contributed by atoms with E-state index in [4.69, 9.17) is 9.84 Å². The van der Waals surface area contributed by atoms with E-state index in [1.807, 2.05) is 30.3 Å². The molecule has 0 aliphatic rings. The summed E-state index contributed by atoms with van der Waals surface area (Å²) < 4.78 is 6.66. The molecular formula is C17H21N3O4. The van der Waals surface area contributed by atoms with E-state index in [0.29, 0.717) is 5.56 Å². The summed E-state index contributed by atoms with van der Waals surface area (Å²) in [5, 5.41) is 13.4. The Labute approximate surface area is 140 Å². The topological polar surface area (TPSA) is 84.7 Å². The molecular weight excluding hydrogens is 310 g/mol. The SMILES string of the molecule is CCOC(=O)c1nn(-c2ccccc2)cc1CN(C)C(C)C(=O)O. The van der Waals surface area contributed by atoms with Gasteiger partial charge in [-0.25, -0.2) is 9.48 Å². The third-order valence-electron chi connectivity index (χ3n) is 3.72. The molecule has 0 bridgehead atoms. The van der Waals surface area contributed by atoms with Gasteiger partial charge in [0.25, 0.3) is 0 Å². The number of carbonyl (C=O) groups is 2. The maximum absolute atomic E-state index is 12.2. The van der Waals surface area contributed by atoms with Crippen LogP contribution in [0.1, 0.15) is 29.9 Å². The lowest BCUT2D eigenvalue weighted by atomic mass is 10.2. The molecule has 0 radical (unpaired) electrons. The number of carboxylic acid groups (broad SMARTS) is 1. The van der Waals surface area contributed by atoms with Crippen molar-refractivity contribution in [3.05, 3.63) is 47.8 Å². The van der Waals surface area contributed by atoms with Crippen molar-refractivity contribution >= 4 is 11.9 Å². The fourth-order valence-electron chi connectivity index (χ4n) is 2.20. The molecule has 0 saturated heterocycles. The van der Waals surface area contributed by atoms with Gasteiger partial charge < -0.3 is 9.84 Å². The lowest BCUT2D eigenvalue weighted by molar-refractivity contribution is -0.142. The number of hydrogen-bond acceptors (Lipinski definition) is 5. The molecule has 128 valence electrons. The number of carbonyl (C=O) groups excluding carboxylic acids is 1. The Morgan fingerprint density at radius 3 is 2.58 bits per heavy atom. The number of hydrogen-bond donors (Lipinski definition) is 1. The highest BCUT2D eigenvalue weighted by atomic mass is 16.5. The average molecular weight is 331 g/mol. The van der Waals surface area contributed by atoms with Crippen molar-refractivity contribution < 1.29 is 19.4 Å². The number of benzene rings is 1. The molecule has 2 rings (SSSR count). The van der Waals surface area contributed by atoms with Crippen molar-refractivity contribution in [3.8, 4) is 5.69 Å². The standard InChI is InChI=1S/C17H21N3O4/c1-4-24-17(23)15-13(10-19(3)12(2)16(21)22)11-20(18-15)14-8-6-5-7-9-14/h5-9,11-12H,4,10H2,1-3H3,(H,21,22). The number of carboxylic acids is 1. The molecule has 24 heavy (non-hydrogen) atoms. The quantitative estimate of drug-likeness (QED) is 0.781. The van der Waals surface area contributed by atoms with Gasteiger partial charge in [0.15, 0.2) is 5.69 Å². The third-order valence-corrected chi connectivity index (χ3v) is 3.72. The van der Waals surface area contributed by atoms with Crippen LogP contribution in [0.15, 0.2) is 36.5 Å². The number of aliphatic carboxylic acids is 1. The number of rotatable bonds is 7. The second kappa shape index (κ2) is 7.74. The Morgan fingerprint density at radius 2 is 2.00 bits per heavy atom. The van der Waals surface area contributed by atoms with Crippen molar-refractivity contribution in [2.45, 2.75) is 26.4 Å². The summed E-state index contributed by atoms with van der Waals surface area (Å²) >= 11 is 0. The first kappa shape index (κ1) is 17.7.